The molecule has 0 amide bonds. The summed E-state index contributed by atoms with van der Waals surface area (Å²) in [6.45, 7) is 5.04. The monoisotopic (exact) mass is 386 g/mol. The summed E-state index contributed by atoms with van der Waals surface area (Å²) < 4.78 is 10.1. The van der Waals surface area contributed by atoms with Crippen molar-refractivity contribution in [2.45, 2.75) is 116 Å². The lowest BCUT2D eigenvalue weighted by atomic mass is 10.1. The Morgan fingerprint density at radius 2 is 1.07 bits per heavy atom. The minimum absolute atomic E-state index is 0.302. The zero-order chi connectivity index (χ0) is 20.2. The summed E-state index contributed by atoms with van der Waals surface area (Å²) in [7, 11) is 0. The lowest BCUT2D eigenvalue weighted by Gasteiger charge is -2.11. The molecule has 0 spiro atoms. The van der Waals surface area contributed by atoms with Gasteiger partial charge in [-0.2, -0.15) is 0 Å². The quantitative estimate of drug-likeness (QED) is 0.240. The van der Waals surface area contributed by atoms with Gasteiger partial charge in [0, 0.05) is 0 Å². The Morgan fingerprint density at radius 1 is 0.667 bits per heavy atom. The first-order valence-corrected chi connectivity index (χ1v) is 11.1. The molecule has 0 saturated heterocycles. The molecule has 0 heterocycles. The molecule has 160 valence electrons. The van der Waals surface area contributed by atoms with Crippen LogP contribution >= 0.6 is 0 Å². The highest BCUT2D eigenvalue weighted by Gasteiger charge is 2.21. The Morgan fingerprint density at radius 3 is 1.56 bits per heavy atom. The van der Waals surface area contributed by atoms with Crippen LogP contribution in [0.4, 0.5) is 0 Å². The van der Waals surface area contributed by atoms with Crippen LogP contribution in [0.5, 0.6) is 0 Å². The van der Waals surface area contributed by atoms with Gasteiger partial charge in [-0.05, 0) is 12.8 Å². The Bertz CT molecular complexity index is 357. The van der Waals surface area contributed by atoms with Gasteiger partial charge in [0.05, 0.1) is 19.6 Å². The average Bonchev–Trinajstić information content (AvgIpc) is 2.65. The SMILES string of the molecule is CCCCCCCCCOC(=O)CC(O)C(=O)OCCCCCCCCC. The second-order valence-electron chi connectivity index (χ2n) is 7.35. The van der Waals surface area contributed by atoms with E-state index in [-0.39, 0.29) is 6.42 Å². The van der Waals surface area contributed by atoms with E-state index in [1.54, 1.807) is 0 Å². The first kappa shape index (κ1) is 25.9. The number of carbonyl (C=O) groups is 2. The van der Waals surface area contributed by atoms with Gasteiger partial charge < -0.3 is 14.6 Å². The summed E-state index contributed by atoms with van der Waals surface area (Å²) in [4.78, 5) is 23.3. The summed E-state index contributed by atoms with van der Waals surface area (Å²) in [5, 5.41) is 9.74. The number of ether oxygens (including phenoxy) is 2. The molecule has 1 atom stereocenters. The first-order chi connectivity index (χ1) is 13.1. The maximum atomic E-state index is 11.7. The van der Waals surface area contributed by atoms with E-state index in [2.05, 4.69) is 13.8 Å². The van der Waals surface area contributed by atoms with Crippen molar-refractivity contribution in [1.29, 1.82) is 0 Å². The Hall–Kier alpha value is -1.10. The van der Waals surface area contributed by atoms with Crippen LogP contribution in [0, 0.1) is 0 Å². The number of hydrogen-bond donors (Lipinski definition) is 1. The topological polar surface area (TPSA) is 72.8 Å². The molecule has 0 aromatic carbocycles. The van der Waals surface area contributed by atoms with E-state index in [1.165, 1.54) is 51.4 Å². The third-order valence-corrected chi connectivity index (χ3v) is 4.64. The molecule has 5 heteroatoms. The van der Waals surface area contributed by atoms with E-state index in [0.29, 0.717) is 13.2 Å². The summed E-state index contributed by atoms with van der Waals surface area (Å²) in [5.74, 6) is -1.27. The van der Waals surface area contributed by atoms with Gasteiger partial charge in [0.2, 0.25) is 0 Å². The third-order valence-electron chi connectivity index (χ3n) is 4.64. The van der Waals surface area contributed by atoms with Crippen LogP contribution in [0.2, 0.25) is 0 Å². The van der Waals surface area contributed by atoms with Crippen molar-refractivity contribution in [1.82, 2.24) is 0 Å². The second kappa shape index (κ2) is 19.7. The fourth-order valence-electron chi connectivity index (χ4n) is 2.87. The van der Waals surface area contributed by atoms with Crippen LogP contribution in [0.25, 0.3) is 0 Å². The molecule has 0 saturated carbocycles. The van der Waals surface area contributed by atoms with Gasteiger partial charge in [-0.3, -0.25) is 4.79 Å². The molecule has 0 aliphatic heterocycles. The minimum Gasteiger partial charge on any atom is -0.466 e. The number of unbranched alkanes of at least 4 members (excludes halogenated alkanes) is 12. The van der Waals surface area contributed by atoms with Crippen molar-refractivity contribution >= 4 is 11.9 Å². The fraction of sp³-hybridized carbons (Fsp3) is 0.909. The highest BCUT2D eigenvalue weighted by molar-refractivity contribution is 5.81. The molecule has 0 aromatic heterocycles. The highest BCUT2D eigenvalue weighted by atomic mass is 16.6. The summed E-state index contributed by atoms with van der Waals surface area (Å²) in [6, 6.07) is 0. The predicted molar refractivity (Wildman–Crippen MR) is 109 cm³/mol. The first-order valence-electron chi connectivity index (χ1n) is 11.1. The number of hydrogen-bond acceptors (Lipinski definition) is 5. The lowest BCUT2D eigenvalue weighted by Crippen LogP contribution is -2.27. The maximum Gasteiger partial charge on any atom is 0.335 e. The highest BCUT2D eigenvalue weighted by Crippen LogP contribution is 2.08. The molecule has 0 radical (unpaired) electrons. The Labute approximate surface area is 166 Å². The summed E-state index contributed by atoms with van der Waals surface area (Å²) in [5.41, 5.74) is 0. The van der Waals surface area contributed by atoms with Gasteiger partial charge in [-0.15, -0.1) is 0 Å². The molecule has 0 aliphatic rings. The van der Waals surface area contributed by atoms with E-state index < -0.39 is 18.0 Å². The van der Waals surface area contributed by atoms with E-state index in [9.17, 15) is 14.7 Å². The molecule has 0 rings (SSSR count). The number of aliphatic hydroxyl groups excluding tert-OH is 1. The van der Waals surface area contributed by atoms with Gasteiger partial charge in [0.15, 0.2) is 6.10 Å². The number of esters is 2. The maximum absolute atomic E-state index is 11.7. The molecular formula is C22H42O5. The summed E-state index contributed by atoms with van der Waals surface area (Å²) in [6.07, 6.45) is 14.2. The molecule has 1 N–H and O–H groups in total. The lowest BCUT2D eigenvalue weighted by molar-refractivity contribution is -0.160. The standard InChI is InChI=1S/C22H42O5/c1-3-5-7-9-11-13-15-17-26-21(24)19-20(23)22(25)27-18-16-14-12-10-8-6-4-2/h20,23H,3-19H2,1-2H3. The molecule has 27 heavy (non-hydrogen) atoms. The Balaban J connectivity index is 3.53. The smallest absolute Gasteiger partial charge is 0.335 e. The van der Waals surface area contributed by atoms with Crippen LogP contribution in [0.15, 0.2) is 0 Å². The van der Waals surface area contributed by atoms with Gasteiger partial charge in [-0.25, -0.2) is 4.79 Å². The molecule has 0 aliphatic carbocycles. The van der Waals surface area contributed by atoms with Gasteiger partial charge >= 0.3 is 11.9 Å². The van der Waals surface area contributed by atoms with Crippen molar-refractivity contribution in [3.8, 4) is 0 Å². The molecule has 0 fully saturated rings. The van der Waals surface area contributed by atoms with Crippen molar-refractivity contribution in [3.63, 3.8) is 0 Å². The van der Waals surface area contributed by atoms with E-state index in [4.69, 9.17) is 9.47 Å². The van der Waals surface area contributed by atoms with Gasteiger partial charge in [0.25, 0.3) is 0 Å². The van der Waals surface area contributed by atoms with Crippen LogP contribution in [0.3, 0.4) is 0 Å². The largest absolute Gasteiger partial charge is 0.466 e. The zero-order valence-electron chi connectivity index (χ0n) is 17.7. The van der Waals surface area contributed by atoms with Gasteiger partial charge in [-0.1, -0.05) is 90.9 Å². The fourth-order valence-corrected chi connectivity index (χ4v) is 2.87. The van der Waals surface area contributed by atoms with Crippen molar-refractivity contribution < 1.29 is 24.2 Å². The number of carbonyl (C=O) groups excluding carboxylic acids is 2. The van der Waals surface area contributed by atoms with Crippen LogP contribution in [0.1, 0.15) is 110 Å². The van der Waals surface area contributed by atoms with E-state index >= 15 is 0 Å². The molecule has 1 unspecified atom stereocenters. The van der Waals surface area contributed by atoms with Gasteiger partial charge in [0.1, 0.15) is 0 Å². The van der Waals surface area contributed by atoms with Crippen molar-refractivity contribution in [2.75, 3.05) is 13.2 Å². The third kappa shape index (κ3) is 18.0. The Kier molecular flexibility index (Phi) is 18.9. The molecule has 0 aromatic rings. The van der Waals surface area contributed by atoms with Crippen LogP contribution < -0.4 is 0 Å². The van der Waals surface area contributed by atoms with Crippen LogP contribution in [-0.4, -0.2) is 36.4 Å². The zero-order valence-corrected chi connectivity index (χ0v) is 17.7. The second-order valence-corrected chi connectivity index (χ2v) is 7.35. The number of aliphatic hydroxyl groups is 1. The molecule has 5 nitrogen and oxygen atoms in total. The minimum atomic E-state index is -1.42. The summed E-state index contributed by atoms with van der Waals surface area (Å²) >= 11 is 0. The van der Waals surface area contributed by atoms with E-state index in [1.807, 2.05) is 0 Å². The van der Waals surface area contributed by atoms with Crippen LogP contribution in [-0.2, 0) is 19.1 Å². The number of rotatable bonds is 19. The molecular weight excluding hydrogens is 344 g/mol. The molecule has 0 bridgehead atoms. The predicted octanol–water partition coefficient (Wildman–Crippen LogP) is 5.33. The van der Waals surface area contributed by atoms with Crippen molar-refractivity contribution in [3.05, 3.63) is 0 Å². The van der Waals surface area contributed by atoms with Crippen molar-refractivity contribution in [2.24, 2.45) is 0 Å². The average molecular weight is 387 g/mol. The van der Waals surface area contributed by atoms with E-state index in [0.717, 1.165) is 38.5 Å². The normalized spacial score (nSPS) is 12.0.